The van der Waals surface area contributed by atoms with E-state index in [0.717, 1.165) is 40.3 Å². The van der Waals surface area contributed by atoms with Crippen molar-refractivity contribution in [2.45, 2.75) is 45.1 Å². The van der Waals surface area contributed by atoms with Crippen LogP contribution < -0.4 is 5.32 Å². The normalized spacial score (nSPS) is 15.9. The molecule has 0 unspecified atom stereocenters. The summed E-state index contributed by atoms with van der Waals surface area (Å²) < 4.78 is 2.81. The van der Waals surface area contributed by atoms with Gasteiger partial charge >= 0.3 is 0 Å². The summed E-state index contributed by atoms with van der Waals surface area (Å²) in [5.74, 6) is 1.48. The molecule has 0 amide bonds. The second-order valence-corrected chi connectivity index (χ2v) is 8.33. The molecular weight excluding hydrogens is 416 g/mol. The Morgan fingerprint density at radius 2 is 2.11 bits per heavy atom. The van der Waals surface area contributed by atoms with Gasteiger partial charge in [0.1, 0.15) is 5.82 Å². The highest BCUT2D eigenvalue weighted by atomic mass is 79.9. The summed E-state index contributed by atoms with van der Waals surface area (Å²) in [4.78, 5) is 11.7. The van der Waals surface area contributed by atoms with E-state index >= 15 is 0 Å². The molecule has 0 atom stereocenters. The minimum atomic E-state index is 0.503. The predicted molar refractivity (Wildman–Crippen MR) is 116 cm³/mol. The Balaban J connectivity index is 1.53. The molecule has 0 bridgehead atoms. The lowest BCUT2D eigenvalue weighted by molar-refractivity contribution is 0.208. The molecule has 0 spiro atoms. The fraction of sp³-hybridized carbons (Fsp3) is 0.476. The highest BCUT2D eigenvalue weighted by Crippen LogP contribution is 2.30. The Kier molecular flexibility index (Phi) is 6.22. The molecule has 1 fully saturated rings. The third kappa shape index (κ3) is 4.36. The van der Waals surface area contributed by atoms with Crippen LogP contribution in [0.5, 0.6) is 0 Å². The van der Waals surface area contributed by atoms with Gasteiger partial charge in [0.15, 0.2) is 5.65 Å². The van der Waals surface area contributed by atoms with Crippen LogP contribution in [0.1, 0.15) is 49.8 Å². The molecule has 28 heavy (non-hydrogen) atoms. The van der Waals surface area contributed by atoms with Gasteiger partial charge in [0.2, 0.25) is 0 Å². The maximum Gasteiger partial charge on any atom is 0.171 e. The van der Waals surface area contributed by atoms with Crippen LogP contribution in [-0.2, 0) is 6.54 Å². The SMILES string of the molecule is CCCCN1CCC(c2cc(NCc3cccnc3)n3ncc(Br)c3n2)CC1. The van der Waals surface area contributed by atoms with E-state index in [2.05, 4.69) is 55.3 Å². The van der Waals surface area contributed by atoms with E-state index in [9.17, 15) is 0 Å². The second kappa shape index (κ2) is 9.01. The molecule has 4 heterocycles. The van der Waals surface area contributed by atoms with E-state index in [1.165, 1.54) is 32.2 Å². The van der Waals surface area contributed by atoms with E-state index in [0.29, 0.717) is 12.5 Å². The maximum atomic E-state index is 4.94. The van der Waals surface area contributed by atoms with Gasteiger partial charge in [0, 0.05) is 36.6 Å². The van der Waals surface area contributed by atoms with Gasteiger partial charge in [-0.25, -0.2) is 4.98 Å². The number of piperidine rings is 1. The van der Waals surface area contributed by atoms with E-state index in [4.69, 9.17) is 4.98 Å². The summed E-state index contributed by atoms with van der Waals surface area (Å²) in [5, 5.41) is 8.01. The van der Waals surface area contributed by atoms with Crippen LogP contribution in [0.4, 0.5) is 5.82 Å². The van der Waals surface area contributed by atoms with Crippen molar-refractivity contribution in [1.82, 2.24) is 24.5 Å². The van der Waals surface area contributed by atoms with E-state index < -0.39 is 0 Å². The average Bonchev–Trinajstić information content (AvgIpc) is 3.12. The first kappa shape index (κ1) is 19.3. The molecule has 1 aliphatic rings. The first-order valence-corrected chi connectivity index (χ1v) is 10.9. The van der Waals surface area contributed by atoms with Gasteiger partial charge < -0.3 is 10.2 Å². The van der Waals surface area contributed by atoms with Gasteiger partial charge in [-0.1, -0.05) is 19.4 Å². The first-order valence-electron chi connectivity index (χ1n) is 10.1. The van der Waals surface area contributed by atoms with Crippen LogP contribution >= 0.6 is 15.9 Å². The quantitative estimate of drug-likeness (QED) is 0.584. The van der Waals surface area contributed by atoms with Crippen molar-refractivity contribution < 1.29 is 0 Å². The fourth-order valence-corrected chi connectivity index (χ4v) is 4.17. The Morgan fingerprint density at radius 3 is 2.86 bits per heavy atom. The number of fused-ring (bicyclic) bond motifs is 1. The molecule has 3 aromatic heterocycles. The zero-order valence-corrected chi connectivity index (χ0v) is 17.9. The molecule has 1 aliphatic heterocycles. The summed E-state index contributed by atoms with van der Waals surface area (Å²) in [5.41, 5.74) is 3.18. The number of rotatable bonds is 7. The van der Waals surface area contributed by atoms with Gasteiger partial charge in [-0.05, 0) is 66.5 Å². The lowest BCUT2D eigenvalue weighted by Gasteiger charge is -2.31. The predicted octanol–water partition coefficient (Wildman–Crippen LogP) is 4.48. The summed E-state index contributed by atoms with van der Waals surface area (Å²) >= 11 is 3.60. The van der Waals surface area contributed by atoms with Gasteiger partial charge in [-0.2, -0.15) is 9.61 Å². The Morgan fingerprint density at radius 1 is 1.25 bits per heavy atom. The molecule has 6 nitrogen and oxygen atoms in total. The number of halogens is 1. The number of nitrogens with zero attached hydrogens (tertiary/aromatic N) is 5. The Hall–Kier alpha value is -1.99. The number of hydrogen-bond acceptors (Lipinski definition) is 5. The number of likely N-dealkylation sites (tertiary alicyclic amines) is 1. The number of aromatic nitrogens is 4. The highest BCUT2D eigenvalue weighted by Gasteiger charge is 2.23. The molecule has 148 valence electrons. The smallest absolute Gasteiger partial charge is 0.171 e. The first-order chi connectivity index (χ1) is 13.7. The zero-order valence-electron chi connectivity index (χ0n) is 16.3. The molecule has 1 N–H and O–H groups in total. The molecule has 0 aliphatic carbocycles. The van der Waals surface area contributed by atoms with Gasteiger partial charge in [-0.3, -0.25) is 4.98 Å². The number of nitrogens with one attached hydrogen (secondary N) is 1. The monoisotopic (exact) mass is 442 g/mol. The molecule has 0 radical (unpaired) electrons. The summed E-state index contributed by atoms with van der Waals surface area (Å²) in [7, 11) is 0. The van der Waals surface area contributed by atoms with Crippen LogP contribution in [0.3, 0.4) is 0 Å². The zero-order chi connectivity index (χ0) is 19.3. The van der Waals surface area contributed by atoms with Crippen molar-refractivity contribution in [2.75, 3.05) is 25.0 Å². The van der Waals surface area contributed by atoms with Crippen LogP contribution in [0.15, 0.2) is 41.3 Å². The van der Waals surface area contributed by atoms with Crippen LogP contribution in [-0.4, -0.2) is 44.1 Å². The molecule has 4 rings (SSSR count). The third-order valence-corrected chi connectivity index (χ3v) is 6.04. The van der Waals surface area contributed by atoms with Crippen molar-refractivity contribution in [2.24, 2.45) is 0 Å². The van der Waals surface area contributed by atoms with Gasteiger partial charge in [0.25, 0.3) is 0 Å². The third-order valence-electron chi connectivity index (χ3n) is 5.48. The van der Waals surface area contributed by atoms with Crippen molar-refractivity contribution in [3.05, 3.63) is 52.5 Å². The number of pyridine rings is 1. The van der Waals surface area contributed by atoms with Crippen LogP contribution in [0, 0.1) is 0 Å². The lowest BCUT2D eigenvalue weighted by atomic mass is 9.93. The van der Waals surface area contributed by atoms with Gasteiger partial charge in [0.05, 0.1) is 10.7 Å². The summed E-state index contributed by atoms with van der Waals surface area (Å²) in [6.45, 7) is 6.52. The van der Waals surface area contributed by atoms with Crippen LogP contribution in [0.25, 0.3) is 5.65 Å². The standard InChI is InChI=1S/C21H27BrN6/c1-2-3-9-27-10-6-17(7-11-27)19-12-20(24-14-16-5-4-8-23-13-16)28-21(26-19)18(22)15-25-28/h4-5,8,12-13,15,17,24H,2-3,6-7,9-11,14H2,1H3. The van der Waals surface area contributed by atoms with Crippen molar-refractivity contribution in [1.29, 1.82) is 0 Å². The number of anilines is 1. The molecule has 1 saturated heterocycles. The molecule has 7 heteroatoms. The van der Waals surface area contributed by atoms with Crippen LogP contribution in [0.2, 0.25) is 0 Å². The molecule has 0 saturated carbocycles. The van der Waals surface area contributed by atoms with E-state index in [1.54, 1.807) is 6.20 Å². The molecule has 3 aromatic rings. The lowest BCUT2D eigenvalue weighted by Crippen LogP contribution is -2.33. The van der Waals surface area contributed by atoms with Gasteiger partial charge in [-0.15, -0.1) is 0 Å². The van der Waals surface area contributed by atoms with E-state index in [-0.39, 0.29) is 0 Å². The maximum absolute atomic E-state index is 4.94. The Labute approximate surface area is 174 Å². The highest BCUT2D eigenvalue weighted by molar-refractivity contribution is 9.10. The molecule has 0 aromatic carbocycles. The Bertz CT molecular complexity index is 902. The molecular formula is C21H27BrN6. The van der Waals surface area contributed by atoms with Crippen molar-refractivity contribution >= 4 is 27.4 Å². The van der Waals surface area contributed by atoms with Crippen molar-refractivity contribution in [3.63, 3.8) is 0 Å². The summed E-state index contributed by atoms with van der Waals surface area (Å²) in [6, 6.07) is 6.21. The number of unbranched alkanes of at least 4 members (excludes halogenated alkanes) is 1. The largest absolute Gasteiger partial charge is 0.366 e. The minimum absolute atomic E-state index is 0.503. The topological polar surface area (TPSA) is 58.4 Å². The fourth-order valence-electron chi connectivity index (χ4n) is 3.82. The van der Waals surface area contributed by atoms with E-state index in [1.807, 2.05) is 23.0 Å². The summed E-state index contributed by atoms with van der Waals surface area (Å²) in [6.07, 6.45) is 10.4. The second-order valence-electron chi connectivity index (χ2n) is 7.48. The average molecular weight is 443 g/mol. The minimum Gasteiger partial charge on any atom is -0.366 e. The van der Waals surface area contributed by atoms with Crippen molar-refractivity contribution in [3.8, 4) is 0 Å². The number of hydrogen-bond donors (Lipinski definition) is 1.